The lowest BCUT2D eigenvalue weighted by molar-refractivity contribution is 0.0906. The molecule has 2 rings (SSSR count). The molecule has 100 valence electrons. The highest BCUT2D eigenvalue weighted by Crippen LogP contribution is 2.29. The average molecular weight is 291 g/mol. The predicted molar refractivity (Wildman–Crippen MR) is 71.8 cm³/mol. The topological polar surface area (TPSA) is 74.2 Å². The van der Waals surface area contributed by atoms with Crippen molar-refractivity contribution in [3.05, 3.63) is 21.4 Å². The number of nitrogens with zero attached hydrogens (tertiary/aromatic N) is 1. The molecule has 0 atom stereocenters. The van der Waals surface area contributed by atoms with Crippen molar-refractivity contribution in [1.29, 1.82) is 0 Å². The molecule has 5 nitrogen and oxygen atoms in total. The molecule has 7 heteroatoms. The number of nitrogens with one attached hydrogen (secondary N) is 2. The Morgan fingerprint density at radius 2 is 2.00 bits per heavy atom. The van der Waals surface area contributed by atoms with E-state index in [2.05, 4.69) is 10.3 Å². The number of halogens is 2. The molecule has 0 spiro atoms. The number of aryl methyl sites for hydroxylation is 1. The van der Waals surface area contributed by atoms with Gasteiger partial charge in [0.1, 0.15) is 5.69 Å². The Kier molecular flexibility index (Phi) is 4.17. The van der Waals surface area contributed by atoms with Crippen LogP contribution in [0.4, 0.5) is 0 Å². The van der Waals surface area contributed by atoms with Gasteiger partial charge in [-0.15, -0.1) is 0 Å². The van der Waals surface area contributed by atoms with E-state index in [1.807, 2.05) is 0 Å². The SMILES string of the molecule is Cc1[nH]c(C(=O)NC2CCN(N)CC2)c(Cl)c1Cl. The van der Waals surface area contributed by atoms with E-state index in [9.17, 15) is 4.79 Å². The lowest BCUT2D eigenvalue weighted by atomic mass is 10.1. The summed E-state index contributed by atoms with van der Waals surface area (Å²) in [5.74, 6) is 5.44. The first-order chi connectivity index (χ1) is 8.49. The average Bonchev–Trinajstić information content (AvgIpc) is 2.60. The van der Waals surface area contributed by atoms with Crippen LogP contribution in [0.25, 0.3) is 0 Å². The van der Waals surface area contributed by atoms with E-state index in [-0.39, 0.29) is 17.0 Å². The minimum Gasteiger partial charge on any atom is -0.352 e. The van der Waals surface area contributed by atoms with E-state index < -0.39 is 0 Å². The van der Waals surface area contributed by atoms with Gasteiger partial charge >= 0.3 is 0 Å². The molecule has 4 N–H and O–H groups in total. The van der Waals surface area contributed by atoms with Crippen molar-refractivity contribution in [3.63, 3.8) is 0 Å². The summed E-state index contributed by atoms with van der Waals surface area (Å²) < 4.78 is 0. The van der Waals surface area contributed by atoms with Crippen LogP contribution in [0.1, 0.15) is 29.0 Å². The molecule has 1 aromatic heterocycles. The van der Waals surface area contributed by atoms with Gasteiger partial charge in [-0.05, 0) is 19.8 Å². The Bertz CT molecular complexity index is 452. The van der Waals surface area contributed by atoms with E-state index in [1.165, 1.54) is 0 Å². The molecule has 1 fully saturated rings. The van der Waals surface area contributed by atoms with Crippen LogP contribution in [0, 0.1) is 6.92 Å². The smallest absolute Gasteiger partial charge is 0.269 e. The molecule has 1 amide bonds. The lowest BCUT2D eigenvalue weighted by Crippen LogP contribution is -2.47. The molecular weight excluding hydrogens is 275 g/mol. The number of rotatable bonds is 2. The molecule has 1 aliphatic heterocycles. The number of aromatic nitrogens is 1. The molecule has 0 unspecified atom stereocenters. The van der Waals surface area contributed by atoms with Crippen LogP contribution in [-0.4, -0.2) is 35.0 Å². The van der Waals surface area contributed by atoms with Crippen LogP contribution in [0.2, 0.25) is 10.0 Å². The van der Waals surface area contributed by atoms with Gasteiger partial charge in [0, 0.05) is 24.8 Å². The number of piperidine rings is 1. The molecule has 0 bridgehead atoms. The standard InChI is InChI=1S/C11H16Cl2N4O/c1-6-8(12)9(13)10(15-6)11(18)16-7-2-4-17(14)5-3-7/h7,15H,2-5,14H2,1H3,(H,16,18). The summed E-state index contributed by atoms with van der Waals surface area (Å²) in [6.45, 7) is 3.34. The van der Waals surface area contributed by atoms with E-state index in [1.54, 1.807) is 11.9 Å². The van der Waals surface area contributed by atoms with Gasteiger partial charge in [0.2, 0.25) is 0 Å². The van der Waals surface area contributed by atoms with Crippen molar-refractivity contribution >= 4 is 29.1 Å². The number of nitrogens with two attached hydrogens (primary N) is 1. The largest absolute Gasteiger partial charge is 0.352 e. The maximum absolute atomic E-state index is 12.1. The first-order valence-corrected chi connectivity index (χ1v) is 6.58. The number of H-pyrrole nitrogens is 1. The highest BCUT2D eigenvalue weighted by Gasteiger charge is 2.23. The summed E-state index contributed by atoms with van der Waals surface area (Å²) in [6, 6.07) is 0.135. The number of hydrazine groups is 1. The van der Waals surface area contributed by atoms with Gasteiger partial charge in [-0.1, -0.05) is 23.2 Å². The van der Waals surface area contributed by atoms with E-state index >= 15 is 0 Å². The summed E-state index contributed by atoms with van der Waals surface area (Å²) in [5.41, 5.74) is 1.03. The number of hydrogen-bond donors (Lipinski definition) is 3. The zero-order valence-corrected chi connectivity index (χ0v) is 11.6. The van der Waals surface area contributed by atoms with Crippen molar-refractivity contribution in [2.24, 2.45) is 5.84 Å². The highest BCUT2D eigenvalue weighted by molar-refractivity contribution is 6.44. The monoisotopic (exact) mass is 290 g/mol. The molecule has 0 saturated carbocycles. The summed E-state index contributed by atoms with van der Waals surface area (Å²) >= 11 is 11.9. The Hall–Kier alpha value is -0.750. The van der Waals surface area contributed by atoms with Gasteiger partial charge in [-0.25, -0.2) is 5.01 Å². The number of hydrogen-bond acceptors (Lipinski definition) is 3. The molecule has 1 aliphatic rings. The van der Waals surface area contributed by atoms with Crippen molar-refractivity contribution < 1.29 is 4.79 Å². The molecule has 1 saturated heterocycles. The Balaban J connectivity index is 2.01. The second kappa shape index (κ2) is 5.48. The third kappa shape index (κ3) is 2.80. The zero-order chi connectivity index (χ0) is 13.3. The molecule has 0 radical (unpaired) electrons. The summed E-state index contributed by atoms with van der Waals surface area (Å²) in [4.78, 5) is 15.0. The molecular formula is C11H16Cl2N4O. The van der Waals surface area contributed by atoms with Crippen LogP contribution >= 0.6 is 23.2 Å². The molecule has 0 aromatic carbocycles. The summed E-state index contributed by atoms with van der Waals surface area (Å²) in [6.07, 6.45) is 1.68. The summed E-state index contributed by atoms with van der Waals surface area (Å²) in [5, 5.41) is 5.38. The fraction of sp³-hybridized carbons (Fsp3) is 0.545. The van der Waals surface area contributed by atoms with Crippen LogP contribution in [0.15, 0.2) is 0 Å². The Morgan fingerprint density at radius 1 is 1.39 bits per heavy atom. The van der Waals surface area contributed by atoms with Gasteiger partial charge in [-0.2, -0.15) is 0 Å². The lowest BCUT2D eigenvalue weighted by Gasteiger charge is -2.28. The van der Waals surface area contributed by atoms with Gasteiger partial charge in [0.15, 0.2) is 0 Å². The van der Waals surface area contributed by atoms with Crippen LogP contribution in [-0.2, 0) is 0 Å². The zero-order valence-electron chi connectivity index (χ0n) is 10.1. The molecule has 0 aliphatic carbocycles. The van der Waals surface area contributed by atoms with Gasteiger partial charge < -0.3 is 10.3 Å². The minimum absolute atomic E-state index is 0.135. The third-order valence-corrected chi connectivity index (χ3v) is 4.09. The van der Waals surface area contributed by atoms with Crippen molar-refractivity contribution in [2.75, 3.05) is 13.1 Å². The Labute approximate surface area is 116 Å². The number of amides is 1. The van der Waals surface area contributed by atoms with Crippen LogP contribution < -0.4 is 11.2 Å². The second-order valence-corrected chi connectivity index (χ2v) is 5.29. The first-order valence-electron chi connectivity index (χ1n) is 5.83. The van der Waals surface area contributed by atoms with Gasteiger partial charge in [0.05, 0.1) is 10.0 Å². The fourth-order valence-corrected chi connectivity index (χ4v) is 2.45. The number of aromatic amines is 1. The fourth-order valence-electron chi connectivity index (χ4n) is 2.03. The third-order valence-electron chi connectivity index (χ3n) is 3.15. The second-order valence-electron chi connectivity index (χ2n) is 4.54. The maximum atomic E-state index is 12.1. The van der Waals surface area contributed by atoms with E-state index in [0.29, 0.717) is 16.4 Å². The number of carbonyl (C=O) groups excluding carboxylic acids is 1. The quantitative estimate of drug-likeness (QED) is 0.726. The summed E-state index contributed by atoms with van der Waals surface area (Å²) in [7, 11) is 0. The van der Waals surface area contributed by atoms with Crippen molar-refractivity contribution in [2.45, 2.75) is 25.8 Å². The predicted octanol–water partition coefficient (Wildman–Crippen LogP) is 1.70. The van der Waals surface area contributed by atoms with Gasteiger partial charge in [0.25, 0.3) is 5.91 Å². The normalized spacial score (nSPS) is 18.0. The van der Waals surface area contributed by atoms with Crippen molar-refractivity contribution in [3.8, 4) is 0 Å². The molecule has 1 aromatic rings. The van der Waals surface area contributed by atoms with Crippen molar-refractivity contribution in [1.82, 2.24) is 15.3 Å². The minimum atomic E-state index is -0.217. The molecule has 2 heterocycles. The van der Waals surface area contributed by atoms with Crippen LogP contribution in [0.3, 0.4) is 0 Å². The van der Waals surface area contributed by atoms with E-state index in [4.69, 9.17) is 29.0 Å². The molecule has 18 heavy (non-hydrogen) atoms. The Morgan fingerprint density at radius 3 is 2.50 bits per heavy atom. The number of carbonyl (C=O) groups is 1. The van der Waals surface area contributed by atoms with Gasteiger partial charge in [-0.3, -0.25) is 10.6 Å². The van der Waals surface area contributed by atoms with E-state index in [0.717, 1.165) is 25.9 Å². The first kappa shape index (κ1) is 13.7. The maximum Gasteiger partial charge on any atom is 0.269 e. The van der Waals surface area contributed by atoms with Crippen LogP contribution in [0.5, 0.6) is 0 Å². The highest BCUT2D eigenvalue weighted by atomic mass is 35.5.